The summed E-state index contributed by atoms with van der Waals surface area (Å²) in [6.07, 6.45) is 2.07. The van der Waals surface area contributed by atoms with Crippen molar-refractivity contribution in [1.29, 1.82) is 0 Å². The van der Waals surface area contributed by atoms with Crippen LogP contribution in [0.2, 0.25) is 5.02 Å². The molecule has 2 heterocycles. The van der Waals surface area contributed by atoms with Crippen LogP contribution in [0.1, 0.15) is 35.9 Å². The number of nitrogens with zero attached hydrogens (tertiary/aromatic N) is 1. The number of carbonyl (C=O) groups is 1. The van der Waals surface area contributed by atoms with Crippen molar-refractivity contribution >= 4 is 28.5 Å². The molecular formula is C17H21ClN2O2. The number of hydrogen-bond acceptors (Lipinski definition) is 3. The summed E-state index contributed by atoms with van der Waals surface area (Å²) in [7, 11) is 0. The molecule has 0 spiro atoms. The highest BCUT2D eigenvalue weighted by atomic mass is 35.5. The zero-order chi connectivity index (χ0) is 15.9. The van der Waals surface area contributed by atoms with Gasteiger partial charge in [-0.05, 0) is 50.8 Å². The standard InChI is InChI=1S/C17H21ClN2O2/c1-10-14-8-13(18)5-6-15(14)22-16(10)17(21)20-7-3-4-12(9-20)11(2)19/h5-6,8,11-12H,3-4,7,9,19H2,1-2H3. The maximum absolute atomic E-state index is 12.8. The Labute approximate surface area is 135 Å². The van der Waals surface area contributed by atoms with Crippen LogP contribution < -0.4 is 5.73 Å². The number of hydrogen-bond donors (Lipinski definition) is 1. The van der Waals surface area contributed by atoms with E-state index in [2.05, 4.69) is 0 Å². The number of rotatable bonds is 2. The van der Waals surface area contributed by atoms with Gasteiger partial charge in [0.25, 0.3) is 5.91 Å². The SMILES string of the molecule is Cc1c(C(=O)N2CCCC(C(C)N)C2)oc2ccc(Cl)cc12. The molecule has 5 heteroatoms. The normalized spacial score (nSPS) is 20.4. The van der Waals surface area contributed by atoms with Crippen LogP contribution in [0.15, 0.2) is 22.6 Å². The Morgan fingerprint density at radius 3 is 3.00 bits per heavy atom. The lowest BCUT2D eigenvalue weighted by Gasteiger charge is -2.34. The van der Waals surface area contributed by atoms with Crippen LogP contribution in [0, 0.1) is 12.8 Å². The van der Waals surface area contributed by atoms with E-state index in [9.17, 15) is 4.79 Å². The van der Waals surface area contributed by atoms with E-state index >= 15 is 0 Å². The van der Waals surface area contributed by atoms with Crippen molar-refractivity contribution in [2.75, 3.05) is 13.1 Å². The quantitative estimate of drug-likeness (QED) is 0.919. The molecule has 2 atom stereocenters. The third-order valence-corrected chi connectivity index (χ3v) is 4.82. The van der Waals surface area contributed by atoms with Gasteiger partial charge in [0.1, 0.15) is 5.58 Å². The fourth-order valence-corrected chi connectivity index (χ4v) is 3.34. The lowest BCUT2D eigenvalue weighted by atomic mass is 9.92. The number of piperidine rings is 1. The van der Waals surface area contributed by atoms with Crippen LogP contribution in [-0.4, -0.2) is 29.9 Å². The molecule has 1 aromatic carbocycles. The molecule has 2 unspecified atom stereocenters. The van der Waals surface area contributed by atoms with Crippen molar-refractivity contribution in [3.05, 3.63) is 34.5 Å². The van der Waals surface area contributed by atoms with Crippen molar-refractivity contribution < 1.29 is 9.21 Å². The van der Waals surface area contributed by atoms with Gasteiger partial charge in [-0.3, -0.25) is 4.79 Å². The van der Waals surface area contributed by atoms with Gasteiger partial charge >= 0.3 is 0 Å². The van der Waals surface area contributed by atoms with Gasteiger partial charge in [-0.15, -0.1) is 0 Å². The summed E-state index contributed by atoms with van der Waals surface area (Å²) in [6, 6.07) is 5.52. The Morgan fingerprint density at radius 1 is 1.50 bits per heavy atom. The minimum Gasteiger partial charge on any atom is -0.451 e. The molecule has 1 aliphatic heterocycles. The van der Waals surface area contributed by atoms with Crippen molar-refractivity contribution in [3.63, 3.8) is 0 Å². The predicted octanol–water partition coefficient (Wildman–Crippen LogP) is 3.59. The zero-order valence-electron chi connectivity index (χ0n) is 12.9. The molecule has 2 aromatic rings. The van der Waals surface area contributed by atoms with Gasteiger partial charge in [0, 0.05) is 35.1 Å². The number of benzene rings is 1. The number of fused-ring (bicyclic) bond motifs is 1. The molecule has 0 saturated carbocycles. The minimum atomic E-state index is -0.0461. The van der Waals surface area contributed by atoms with E-state index in [4.69, 9.17) is 21.8 Å². The van der Waals surface area contributed by atoms with E-state index in [1.807, 2.05) is 30.9 Å². The molecule has 1 fully saturated rings. The van der Waals surface area contributed by atoms with E-state index in [1.165, 1.54) is 0 Å². The third-order valence-electron chi connectivity index (χ3n) is 4.58. The van der Waals surface area contributed by atoms with Crippen LogP contribution in [0.25, 0.3) is 11.0 Å². The van der Waals surface area contributed by atoms with E-state index < -0.39 is 0 Å². The van der Waals surface area contributed by atoms with Gasteiger partial charge in [0.15, 0.2) is 5.76 Å². The Bertz CT molecular complexity index is 708. The summed E-state index contributed by atoms with van der Waals surface area (Å²) in [6.45, 7) is 5.38. The Balaban J connectivity index is 1.90. The minimum absolute atomic E-state index is 0.0461. The van der Waals surface area contributed by atoms with Crippen molar-refractivity contribution in [2.45, 2.75) is 32.7 Å². The number of carbonyl (C=O) groups excluding carboxylic acids is 1. The second kappa shape index (κ2) is 5.94. The van der Waals surface area contributed by atoms with Crippen molar-refractivity contribution in [2.24, 2.45) is 11.7 Å². The number of halogens is 1. The van der Waals surface area contributed by atoms with Gasteiger partial charge in [0.05, 0.1) is 0 Å². The highest BCUT2D eigenvalue weighted by molar-refractivity contribution is 6.31. The highest BCUT2D eigenvalue weighted by Gasteiger charge is 2.29. The first-order valence-electron chi connectivity index (χ1n) is 7.71. The molecule has 4 nitrogen and oxygen atoms in total. The van der Waals surface area contributed by atoms with Crippen LogP contribution in [0.4, 0.5) is 0 Å². The highest BCUT2D eigenvalue weighted by Crippen LogP contribution is 2.30. The predicted molar refractivity (Wildman–Crippen MR) is 88.2 cm³/mol. The topological polar surface area (TPSA) is 59.5 Å². The molecule has 1 saturated heterocycles. The molecule has 0 aliphatic carbocycles. The van der Waals surface area contributed by atoms with Gasteiger partial charge < -0.3 is 15.1 Å². The molecule has 0 radical (unpaired) electrons. The second-order valence-electron chi connectivity index (χ2n) is 6.21. The maximum Gasteiger partial charge on any atom is 0.289 e. The van der Waals surface area contributed by atoms with Crippen LogP contribution in [0.3, 0.4) is 0 Å². The molecule has 0 bridgehead atoms. The summed E-state index contributed by atoms with van der Waals surface area (Å²) in [5.74, 6) is 0.731. The molecule has 1 aliphatic rings. The summed E-state index contributed by atoms with van der Waals surface area (Å²) < 4.78 is 5.78. The monoisotopic (exact) mass is 320 g/mol. The summed E-state index contributed by atoms with van der Waals surface area (Å²) in [5, 5.41) is 1.54. The number of aryl methyl sites for hydroxylation is 1. The summed E-state index contributed by atoms with van der Waals surface area (Å²) in [5.41, 5.74) is 7.55. The molecule has 2 N–H and O–H groups in total. The van der Waals surface area contributed by atoms with Gasteiger partial charge in [0.2, 0.25) is 0 Å². The van der Waals surface area contributed by atoms with Gasteiger partial charge in [-0.2, -0.15) is 0 Å². The Morgan fingerprint density at radius 2 is 2.27 bits per heavy atom. The fourth-order valence-electron chi connectivity index (χ4n) is 3.16. The van der Waals surface area contributed by atoms with E-state index in [-0.39, 0.29) is 11.9 Å². The van der Waals surface area contributed by atoms with E-state index in [1.54, 1.807) is 6.07 Å². The number of nitrogens with two attached hydrogens (primary N) is 1. The first-order chi connectivity index (χ1) is 10.5. The molecule has 118 valence electrons. The average molecular weight is 321 g/mol. The van der Waals surface area contributed by atoms with Crippen LogP contribution in [0.5, 0.6) is 0 Å². The second-order valence-corrected chi connectivity index (χ2v) is 6.65. The van der Waals surface area contributed by atoms with Gasteiger partial charge in [-0.25, -0.2) is 0 Å². The lowest BCUT2D eigenvalue weighted by Crippen LogP contribution is -2.45. The largest absolute Gasteiger partial charge is 0.451 e. The summed E-state index contributed by atoms with van der Waals surface area (Å²) >= 11 is 6.03. The maximum atomic E-state index is 12.8. The fraction of sp³-hybridized carbons (Fsp3) is 0.471. The Hall–Kier alpha value is -1.52. The number of likely N-dealkylation sites (tertiary alicyclic amines) is 1. The third kappa shape index (κ3) is 2.73. The average Bonchev–Trinajstić information content (AvgIpc) is 2.83. The van der Waals surface area contributed by atoms with Crippen molar-refractivity contribution in [3.8, 4) is 0 Å². The molecule has 3 rings (SSSR count). The smallest absolute Gasteiger partial charge is 0.289 e. The van der Waals surface area contributed by atoms with Crippen molar-refractivity contribution in [1.82, 2.24) is 4.90 Å². The zero-order valence-corrected chi connectivity index (χ0v) is 13.7. The molecule has 1 aromatic heterocycles. The molecule has 1 amide bonds. The first-order valence-corrected chi connectivity index (χ1v) is 8.08. The van der Waals surface area contributed by atoms with E-state index in [0.29, 0.717) is 28.8 Å². The van der Waals surface area contributed by atoms with E-state index in [0.717, 1.165) is 30.3 Å². The lowest BCUT2D eigenvalue weighted by molar-refractivity contribution is 0.0630. The first kappa shape index (κ1) is 15.4. The van der Waals surface area contributed by atoms with Gasteiger partial charge in [-0.1, -0.05) is 11.6 Å². The van der Waals surface area contributed by atoms with Crippen LogP contribution >= 0.6 is 11.6 Å². The van der Waals surface area contributed by atoms with Crippen LogP contribution in [-0.2, 0) is 0 Å². The number of amides is 1. The number of furan rings is 1. The molecular weight excluding hydrogens is 300 g/mol. The molecule has 22 heavy (non-hydrogen) atoms. The summed E-state index contributed by atoms with van der Waals surface area (Å²) in [4.78, 5) is 14.7. The Kier molecular flexibility index (Phi) is 4.15.